The van der Waals surface area contributed by atoms with Gasteiger partial charge >= 0.3 is 0 Å². The normalized spacial score (nSPS) is 12.9. The molecule has 0 amide bonds. The average Bonchev–Trinajstić information content (AvgIpc) is 2.87. The van der Waals surface area contributed by atoms with Gasteiger partial charge in [-0.1, -0.05) is 6.92 Å². The highest BCUT2D eigenvalue weighted by molar-refractivity contribution is 9.13. The lowest BCUT2D eigenvalue weighted by atomic mass is 10.2. The first-order valence-electron chi connectivity index (χ1n) is 5.25. The van der Waals surface area contributed by atoms with Crippen LogP contribution in [-0.4, -0.2) is 11.5 Å². The molecule has 6 heteroatoms. The summed E-state index contributed by atoms with van der Waals surface area (Å²) in [5, 5.41) is 6.59. The van der Waals surface area contributed by atoms with Crippen LogP contribution in [0.5, 0.6) is 0 Å². The van der Waals surface area contributed by atoms with Crippen LogP contribution in [0, 0.1) is 0 Å². The second-order valence-electron chi connectivity index (χ2n) is 3.59. The first-order chi connectivity index (χ1) is 8.11. The van der Waals surface area contributed by atoms with Gasteiger partial charge in [0.25, 0.3) is 0 Å². The zero-order valence-corrected chi connectivity index (χ0v) is 14.3. The average molecular weight is 396 g/mol. The molecule has 1 N–H and O–H groups in total. The molecule has 1 unspecified atom stereocenters. The van der Waals surface area contributed by atoms with E-state index >= 15 is 0 Å². The third-order valence-electron chi connectivity index (χ3n) is 2.33. The maximum absolute atomic E-state index is 4.68. The van der Waals surface area contributed by atoms with E-state index in [1.807, 2.05) is 0 Å². The van der Waals surface area contributed by atoms with Crippen molar-refractivity contribution >= 4 is 54.5 Å². The molecule has 0 aliphatic carbocycles. The molecule has 0 saturated heterocycles. The summed E-state index contributed by atoms with van der Waals surface area (Å²) in [4.78, 5) is 5.88. The van der Waals surface area contributed by atoms with Gasteiger partial charge in [-0.05, 0) is 51.4 Å². The smallest absolute Gasteiger partial charge is 0.133 e. The number of thiophene rings is 1. The van der Waals surface area contributed by atoms with Gasteiger partial charge in [-0.3, -0.25) is 0 Å². The number of thiazole rings is 1. The lowest BCUT2D eigenvalue weighted by Crippen LogP contribution is -2.17. The third kappa shape index (κ3) is 3.17. The molecule has 0 fully saturated rings. The standard InChI is InChI=1S/C11H12Br2N2S2/c1-3-14-6(2)8-5-16-11(15-8)9-4-7(12)10(13)17-9/h4-6,14H,3H2,1-2H3. The number of nitrogens with zero attached hydrogens (tertiary/aromatic N) is 1. The summed E-state index contributed by atoms with van der Waals surface area (Å²) in [6, 6.07) is 2.42. The number of aromatic nitrogens is 1. The highest BCUT2D eigenvalue weighted by Crippen LogP contribution is 2.39. The Hall–Kier alpha value is 0.250. The quantitative estimate of drug-likeness (QED) is 0.781. The molecule has 0 aromatic carbocycles. The SMILES string of the molecule is CCNC(C)c1csc(-c2cc(Br)c(Br)s2)n1. The lowest BCUT2D eigenvalue weighted by molar-refractivity contribution is 0.587. The molecule has 0 saturated carbocycles. The fourth-order valence-electron chi connectivity index (χ4n) is 1.46. The number of hydrogen-bond donors (Lipinski definition) is 1. The van der Waals surface area contributed by atoms with Gasteiger partial charge < -0.3 is 5.32 Å². The van der Waals surface area contributed by atoms with E-state index < -0.39 is 0 Å². The van der Waals surface area contributed by atoms with E-state index in [4.69, 9.17) is 0 Å². The molecule has 0 aliphatic heterocycles. The van der Waals surface area contributed by atoms with Gasteiger partial charge in [-0.15, -0.1) is 22.7 Å². The molecule has 92 valence electrons. The van der Waals surface area contributed by atoms with Crippen LogP contribution in [0.25, 0.3) is 9.88 Å². The Bertz CT molecular complexity index is 488. The zero-order valence-electron chi connectivity index (χ0n) is 9.46. The molecule has 0 bridgehead atoms. The van der Waals surface area contributed by atoms with Crippen molar-refractivity contribution in [1.29, 1.82) is 0 Å². The summed E-state index contributed by atoms with van der Waals surface area (Å²) in [5.74, 6) is 0. The van der Waals surface area contributed by atoms with Crippen LogP contribution in [0.2, 0.25) is 0 Å². The second kappa shape index (κ2) is 5.93. The molecule has 1 atom stereocenters. The summed E-state index contributed by atoms with van der Waals surface area (Å²) in [6.45, 7) is 5.21. The number of hydrogen-bond acceptors (Lipinski definition) is 4. The van der Waals surface area contributed by atoms with Crippen LogP contribution in [-0.2, 0) is 0 Å². The van der Waals surface area contributed by atoms with E-state index in [0.29, 0.717) is 6.04 Å². The van der Waals surface area contributed by atoms with Crippen molar-refractivity contribution in [3.05, 3.63) is 25.4 Å². The van der Waals surface area contributed by atoms with Gasteiger partial charge in [0.1, 0.15) is 5.01 Å². The summed E-state index contributed by atoms with van der Waals surface area (Å²) in [5.41, 5.74) is 1.12. The van der Waals surface area contributed by atoms with E-state index in [1.54, 1.807) is 22.7 Å². The number of rotatable bonds is 4. The van der Waals surface area contributed by atoms with Gasteiger partial charge in [0.15, 0.2) is 0 Å². The fourth-order valence-corrected chi connectivity index (χ4v) is 4.47. The van der Waals surface area contributed by atoms with Crippen LogP contribution in [0.4, 0.5) is 0 Å². The summed E-state index contributed by atoms with van der Waals surface area (Å²) < 4.78 is 2.21. The highest BCUT2D eigenvalue weighted by atomic mass is 79.9. The Kier molecular flexibility index (Phi) is 4.77. The van der Waals surface area contributed by atoms with Crippen LogP contribution >= 0.6 is 54.5 Å². The molecule has 2 heterocycles. The number of nitrogens with one attached hydrogen (secondary N) is 1. The molecule has 0 radical (unpaired) electrons. The second-order valence-corrected chi connectivity index (χ2v) is 7.67. The third-order valence-corrected chi connectivity index (χ3v) is 6.62. The van der Waals surface area contributed by atoms with Crippen LogP contribution in [0.1, 0.15) is 25.6 Å². The predicted octanol–water partition coefficient (Wildman–Crippen LogP) is 5.07. The van der Waals surface area contributed by atoms with Crippen molar-refractivity contribution in [2.24, 2.45) is 0 Å². The largest absolute Gasteiger partial charge is 0.309 e. The monoisotopic (exact) mass is 394 g/mol. The van der Waals surface area contributed by atoms with E-state index in [1.165, 1.54) is 4.88 Å². The fraction of sp³-hybridized carbons (Fsp3) is 0.364. The minimum Gasteiger partial charge on any atom is -0.309 e. The van der Waals surface area contributed by atoms with Gasteiger partial charge in [0, 0.05) is 15.9 Å². The van der Waals surface area contributed by atoms with Crippen molar-refractivity contribution in [3.63, 3.8) is 0 Å². The molecule has 2 aromatic heterocycles. The van der Waals surface area contributed by atoms with E-state index in [9.17, 15) is 0 Å². The minimum absolute atomic E-state index is 0.317. The maximum Gasteiger partial charge on any atom is 0.133 e. The first kappa shape index (κ1) is 13.7. The Labute approximate surface area is 126 Å². The van der Waals surface area contributed by atoms with Crippen LogP contribution in [0.3, 0.4) is 0 Å². The zero-order chi connectivity index (χ0) is 12.4. The van der Waals surface area contributed by atoms with E-state index in [2.05, 4.69) is 67.5 Å². The molecule has 0 spiro atoms. The van der Waals surface area contributed by atoms with Gasteiger partial charge in [0.2, 0.25) is 0 Å². The van der Waals surface area contributed by atoms with E-state index in [-0.39, 0.29) is 0 Å². The molecule has 0 aliphatic rings. The van der Waals surface area contributed by atoms with Crippen molar-refractivity contribution in [2.45, 2.75) is 19.9 Å². The Balaban J connectivity index is 2.23. The molecule has 2 aromatic rings. The lowest BCUT2D eigenvalue weighted by Gasteiger charge is -2.07. The minimum atomic E-state index is 0.317. The predicted molar refractivity (Wildman–Crippen MR) is 82.9 cm³/mol. The van der Waals surface area contributed by atoms with Gasteiger partial charge in [0.05, 0.1) is 14.4 Å². The number of halogens is 2. The van der Waals surface area contributed by atoms with Crippen molar-refractivity contribution in [2.75, 3.05) is 6.54 Å². The highest BCUT2D eigenvalue weighted by Gasteiger charge is 2.13. The Morgan fingerprint density at radius 1 is 1.47 bits per heavy atom. The van der Waals surface area contributed by atoms with Crippen LogP contribution in [0.15, 0.2) is 19.7 Å². The van der Waals surface area contributed by atoms with Gasteiger partial charge in [-0.2, -0.15) is 0 Å². The first-order valence-corrected chi connectivity index (χ1v) is 8.54. The maximum atomic E-state index is 4.68. The Morgan fingerprint density at radius 2 is 2.24 bits per heavy atom. The molecule has 2 rings (SSSR count). The van der Waals surface area contributed by atoms with Crippen molar-refractivity contribution in [3.8, 4) is 9.88 Å². The Morgan fingerprint density at radius 3 is 2.82 bits per heavy atom. The summed E-state index contributed by atoms with van der Waals surface area (Å²) in [7, 11) is 0. The summed E-state index contributed by atoms with van der Waals surface area (Å²) >= 11 is 10.4. The van der Waals surface area contributed by atoms with E-state index in [0.717, 1.165) is 25.5 Å². The van der Waals surface area contributed by atoms with Crippen molar-refractivity contribution < 1.29 is 0 Å². The molecule has 17 heavy (non-hydrogen) atoms. The molecular weight excluding hydrogens is 384 g/mol. The summed E-state index contributed by atoms with van der Waals surface area (Å²) in [6.07, 6.45) is 0. The topological polar surface area (TPSA) is 24.9 Å². The van der Waals surface area contributed by atoms with Crippen LogP contribution < -0.4 is 5.32 Å². The van der Waals surface area contributed by atoms with Gasteiger partial charge in [-0.25, -0.2) is 4.98 Å². The van der Waals surface area contributed by atoms with Crippen molar-refractivity contribution in [1.82, 2.24) is 10.3 Å². The molecular formula is C11H12Br2N2S2. The molecule has 2 nitrogen and oxygen atoms in total.